The largest absolute Gasteiger partial charge is 0.457 e. The van der Waals surface area contributed by atoms with Crippen LogP contribution in [0.5, 0.6) is 11.5 Å². The van der Waals surface area contributed by atoms with Crippen LogP contribution in [0, 0.1) is 20.8 Å². The summed E-state index contributed by atoms with van der Waals surface area (Å²) in [5.41, 5.74) is 6.59. The van der Waals surface area contributed by atoms with Crippen molar-refractivity contribution in [3.05, 3.63) is 191 Å². The Labute approximate surface area is 266 Å². The molecule has 0 aliphatic carbocycles. The molecule has 0 spiro atoms. The van der Waals surface area contributed by atoms with Gasteiger partial charge in [-0.1, -0.05) is 143 Å². The molecule has 216 valence electrons. The lowest BCUT2D eigenvalue weighted by atomic mass is 10.0. The first-order valence-corrected chi connectivity index (χ1v) is 15.5. The molecule has 0 saturated heterocycles. The van der Waals surface area contributed by atoms with Crippen LogP contribution in [0.1, 0.15) is 27.8 Å². The lowest BCUT2D eigenvalue weighted by Crippen LogP contribution is -1.86. The average Bonchev–Trinajstić information content (AvgIpc) is 3.02. The summed E-state index contributed by atoms with van der Waals surface area (Å²) < 4.78 is 5.63. The second-order valence-electron chi connectivity index (χ2n) is 10.2. The first-order chi connectivity index (χ1) is 20.9. The fourth-order valence-corrected chi connectivity index (χ4v) is 5.06. The van der Waals surface area contributed by atoms with Crippen LogP contribution in [0.4, 0.5) is 0 Å². The van der Waals surface area contributed by atoms with Crippen molar-refractivity contribution >= 4 is 23.4 Å². The first-order valence-electron chi connectivity index (χ1n) is 14.3. The molecule has 0 fully saturated rings. The summed E-state index contributed by atoms with van der Waals surface area (Å²) in [6.45, 7) is 6.27. The minimum absolute atomic E-state index is 0.680. The number of rotatable bonds is 6. The van der Waals surface area contributed by atoms with E-state index in [-0.39, 0.29) is 0 Å². The molecule has 0 radical (unpaired) electrons. The van der Waals surface area contributed by atoms with Crippen molar-refractivity contribution < 1.29 is 4.74 Å². The van der Waals surface area contributed by atoms with Gasteiger partial charge in [0.1, 0.15) is 11.5 Å². The predicted molar refractivity (Wildman–Crippen MR) is 185 cm³/mol. The second-order valence-corrected chi connectivity index (χ2v) is 11.8. The van der Waals surface area contributed by atoms with Gasteiger partial charge in [0.25, 0.3) is 0 Å². The van der Waals surface area contributed by atoms with Gasteiger partial charge in [0.2, 0.25) is 0 Å². The monoisotopic (exact) mass is 600 g/mol. The zero-order chi connectivity index (χ0) is 30.3. The molecule has 0 bridgehead atoms. The molecular formula is C40H37ClOS. The molecule has 6 aromatic carbocycles. The fraction of sp³-hybridized carbons (Fsp3) is 0.100. The van der Waals surface area contributed by atoms with Crippen molar-refractivity contribution in [2.45, 2.75) is 37.0 Å². The van der Waals surface area contributed by atoms with Gasteiger partial charge in [-0.3, -0.25) is 0 Å². The van der Waals surface area contributed by atoms with Gasteiger partial charge in [-0.2, -0.15) is 0 Å². The van der Waals surface area contributed by atoms with Gasteiger partial charge in [0.05, 0.1) is 0 Å². The van der Waals surface area contributed by atoms with Gasteiger partial charge in [0, 0.05) is 14.8 Å². The molecule has 0 amide bonds. The summed E-state index contributed by atoms with van der Waals surface area (Å²) in [4.78, 5) is 2.58. The van der Waals surface area contributed by atoms with E-state index in [2.05, 4.69) is 117 Å². The standard InChI is InChI=1S/C14H14.C13H11ClO.C13H12S/c1-12-7-9-14(10-8-12)11-13-5-3-2-4-6-13;1-10-5-7-12(8-6-10)15-13-4-2-3-11(14)9-13;1-11-7-9-13(10-8-11)14-12-5-3-2-4-6-12/h2-10H,11H2,1H3;2-9H,1H3;2-10H,1H3. The molecule has 0 aliphatic heterocycles. The van der Waals surface area contributed by atoms with E-state index in [1.54, 1.807) is 17.8 Å². The van der Waals surface area contributed by atoms with E-state index in [0.717, 1.165) is 17.9 Å². The predicted octanol–water partition coefficient (Wildman–Crippen LogP) is 12.2. The van der Waals surface area contributed by atoms with Crippen LogP contribution in [-0.2, 0) is 6.42 Å². The maximum Gasteiger partial charge on any atom is 0.128 e. The van der Waals surface area contributed by atoms with E-state index in [0.29, 0.717) is 5.02 Å². The highest BCUT2D eigenvalue weighted by molar-refractivity contribution is 7.99. The minimum Gasteiger partial charge on any atom is -0.457 e. The zero-order valence-electron chi connectivity index (χ0n) is 24.9. The molecule has 6 aromatic rings. The highest BCUT2D eigenvalue weighted by atomic mass is 35.5. The molecule has 0 heterocycles. The minimum atomic E-state index is 0.680. The Morgan fingerprint density at radius 2 is 0.953 bits per heavy atom. The third-order valence-electron chi connectivity index (χ3n) is 6.42. The van der Waals surface area contributed by atoms with Gasteiger partial charge in [-0.05, 0) is 92.9 Å². The van der Waals surface area contributed by atoms with E-state index in [1.807, 2.05) is 55.5 Å². The molecule has 0 aliphatic rings. The summed E-state index contributed by atoms with van der Waals surface area (Å²) in [6.07, 6.45) is 1.03. The van der Waals surface area contributed by atoms with Crippen molar-refractivity contribution in [1.29, 1.82) is 0 Å². The topological polar surface area (TPSA) is 9.23 Å². The SMILES string of the molecule is Cc1ccc(Cc2ccccc2)cc1.Cc1ccc(Oc2cccc(Cl)c2)cc1.Cc1ccc(Sc2ccccc2)cc1. The van der Waals surface area contributed by atoms with Crippen molar-refractivity contribution in [1.82, 2.24) is 0 Å². The lowest BCUT2D eigenvalue weighted by molar-refractivity contribution is 0.482. The molecule has 43 heavy (non-hydrogen) atoms. The molecule has 0 saturated carbocycles. The molecule has 6 rings (SSSR count). The third-order valence-corrected chi connectivity index (χ3v) is 7.68. The Kier molecular flexibility index (Phi) is 12.5. The Morgan fingerprint density at radius 3 is 1.53 bits per heavy atom. The van der Waals surface area contributed by atoms with Gasteiger partial charge in [-0.15, -0.1) is 0 Å². The lowest BCUT2D eigenvalue weighted by Gasteiger charge is -2.05. The van der Waals surface area contributed by atoms with Crippen molar-refractivity contribution in [2.24, 2.45) is 0 Å². The van der Waals surface area contributed by atoms with E-state index in [9.17, 15) is 0 Å². The molecule has 1 nitrogen and oxygen atoms in total. The molecule has 0 unspecified atom stereocenters. The normalized spacial score (nSPS) is 10.0. The fourth-order valence-electron chi connectivity index (χ4n) is 4.04. The Hall–Kier alpha value is -4.24. The van der Waals surface area contributed by atoms with Crippen molar-refractivity contribution in [3.63, 3.8) is 0 Å². The quantitative estimate of drug-likeness (QED) is 0.188. The number of benzene rings is 6. The van der Waals surface area contributed by atoms with E-state index in [1.165, 1.54) is 37.6 Å². The van der Waals surface area contributed by atoms with E-state index >= 15 is 0 Å². The Morgan fingerprint density at radius 1 is 0.465 bits per heavy atom. The molecule has 0 aromatic heterocycles. The van der Waals surface area contributed by atoms with E-state index < -0.39 is 0 Å². The smallest absolute Gasteiger partial charge is 0.128 e. The number of hydrogen-bond donors (Lipinski definition) is 0. The highest BCUT2D eigenvalue weighted by Gasteiger charge is 1.98. The summed E-state index contributed by atoms with van der Waals surface area (Å²) in [5, 5.41) is 0.680. The first kappa shape index (κ1) is 31.7. The van der Waals surface area contributed by atoms with Crippen LogP contribution in [0.25, 0.3) is 0 Å². The highest BCUT2D eigenvalue weighted by Crippen LogP contribution is 2.27. The summed E-state index contributed by atoms with van der Waals surface area (Å²) in [6, 6.07) is 53.6. The van der Waals surface area contributed by atoms with Crippen LogP contribution in [0.15, 0.2) is 168 Å². The summed E-state index contributed by atoms with van der Waals surface area (Å²) in [5.74, 6) is 1.58. The molecule has 3 heteroatoms. The van der Waals surface area contributed by atoms with Gasteiger partial charge in [-0.25, -0.2) is 0 Å². The van der Waals surface area contributed by atoms with Crippen LogP contribution >= 0.6 is 23.4 Å². The number of ether oxygens (including phenoxy) is 1. The Balaban J connectivity index is 0.000000148. The van der Waals surface area contributed by atoms with Crippen molar-refractivity contribution in [3.8, 4) is 11.5 Å². The molecule has 0 N–H and O–H groups in total. The molecule has 0 atom stereocenters. The van der Waals surface area contributed by atoms with Crippen LogP contribution in [-0.4, -0.2) is 0 Å². The summed E-state index contributed by atoms with van der Waals surface area (Å²) >= 11 is 7.65. The Bertz CT molecular complexity index is 1550. The number of halogens is 1. The second kappa shape index (κ2) is 17.0. The van der Waals surface area contributed by atoms with Crippen LogP contribution < -0.4 is 4.74 Å². The van der Waals surface area contributed by atoms with Crippen LogP contribution in [0.3, 0.4) is 0 Å². The van der Waals surface area contributed by atoms with Crippen LogP contribution in [0.2, 0.25) is 5.02 Å². The maximum atomic E-state index is 5.86. The van der Waals surface area contributed by atoms with Crippen molar-refractivity contribution in [2.75, 3.05) is 0 Å². The maximum absolute atomic E-state index is 5.86. The molecular weight excluding hydrogens is 564 g/mol. The summed E-state index contributed by atoms with van der Waals surface area (Å²) in [7, 11) is 0. The zero-order valence-corrected chi connectivity index (χ0v) is 26.5. The van der Waals surface area contributed by atoms with Gasteiger partial charge in [0.15, 0.2) is 0 Å². The average molecular weight is 601 g/mol. The number of aryl methyl sites for hydroxylation is 3. The third kappa shape index (κ3) is 11.9. The van der Waals surface area contributed by atoms with Gasteiger partial charge < -0.3 is 4.74 Å². The van der Waals surface area contributed by atoms with Gasteiger partial charge >= 0.3 is 0 Å². The number of hydrogen-bond acceptors (Lipinski definition) is 2. The van der Waals surface area contributed by atoms with E-state index in [4.69, 9.17) is 16.3 Å².